The first-order valence-electron chi connectivity index (χ1n) is 6.38. The second-order valence-corrected chi connectivity index (χ2v) is 4.72. The van der Waals surface area contributed by atoms with Crippen LogP contribution in [-0.2, 0) is 0 Å². The Morgan fingerprint density at radius 3 is 1.95 bits per heavy atom. The van der Waals surface area contributed by atoms with Gasteiger partial charge < -0.3 is 5.11 Å². The van der Waals surface area contributed by atoms with Crippen molar-refractivity contribution in [2.75, 3.05) is 0 Å². The maximum absolute atomic E-state index is 13.8. The van der Waals surface area contributed by atoms with E-state index in [9.17, 15) is 18.3 Å². The van der Waals surface area contributed by atoms with Gasteiger partial charge in [0.05, 0.1) is 5.56 Å². The van der Waals surface area contributed by atoms with Crippen LogP contribution in [0, 0.1) is 17.5 Å². The molecule has 0 heterocycles. The Bertz CT molecular complexity index is 794. The number of aliphatic hydroxyl groups excluding tert-OH is 1. The predicted molar refractivity (Wildman–Crippen MR) is 74.3 cm³/mol. The number of aliphatic hydroxyl groups is 1. The smallest absolute Gasteiger partial charge is 0.132 e. The van der Waals surface area contributed by atoms with Gasteiger partial charge in [0.2, 0.25) is 0 Å². The van der Waals surface area contributed by atoms with Gasteiger partial charge in [-0.2, -0.15) is 0 Å². The molecule has 0 bridgehead atoms. The molecule has 106 valence electrons. The molecule has 3 aromatic carbocycles. The summed E-state index contributed by atoms with van der Waals surface area (Å²) in [6.45, 7) is 0. The molecule has 0 aliphatic carbocycles. The number of hydrogen-bond donors (Lipinski definition) is 1. The molecule has 3 rings (SSSR count). The average Bonchev–Trinajstić information content (AvgIpc) is 2.47. The lowest BCUT2D eigenvalue weighted by molar-refractivity contribution is 0.210. The van der Waals surface area contributed by atoms with Crippen LogP contribution in [0.3, 0.4) is 0 Å². The number of hydrogen-bond acceptors (Lipinski definition) is 1. The summed E-state index contributed by atoms with van der Waals surface area (Å²) in [6, 6.07) is 12.4. The monoisotopic (exact) mass is 288 g/mol. The second kappa shape index (κ2) is 5.22. The first kappa shape index (κ1) is 13.6. The van der Waals surface area contributed by atoms with Gasteiger partial charge in [-0.3, -0.25) is 0 Å². The summed E-state index contributed by atoms with van der Waals surface area (Å²) >= 11 is 0. The zero-order valence-corrected chi connectivity index (χ0v) is 10.9. The molecule has 0 radical (unpaired) electrons. The molecule has 0 aliphatic heterocycles. The minimum Gasteiger partial charge on any atom is -0.383 e. The molecular formula is C17H11F3O. The van der Waals surface area contributed by atoms with E-state index in [4.69, 9.17) is 0 Å². The lowest BCUT2D eigenvalue weighted by Crippen LogP contribution is -2.06. The van der Waals surface area contributed by atoms with Crippen molar-refractivity contribution in [2.24, 2.45) is 0 Å². The third-order valence-electron chi connectivity index (χ3n) is 3.47. The third kappa shape index (κ3) is 2.28. The van der Waals surface area contributed by atoms with Crippen molar-refractivity contribution in [3.8, 4) is 0 Å². The molecule has 0 spiro atoms. The van der Waals surface area contributed by atoms with Gasteiger partial charge in [-0.05, 0) is 29.1 Å². The first-order valence-corrected chi connectivity index (χ1v) is 6.38. The van der Waals surface area contributed by atoms with Crippen LogP contribution in [0.1, 0.15) is 17.2 Å². The fourth-order valence-electron chi connectivity index (χ4n) is 2.45. The molecule has 0 saturated carbocycles. The van der Waals surface area contributed by atoms with Crippen molar-refractivity contribution in [1.29, 1.82) is 0 Å². The van der Waals surface area contributed by atoms with Crippen molar-refractivity contribution in [3.63, 3.8) is 0 Å². The van der Waals surface area contributed by atoms with E-state index in [-0.39, 0.29) is 5.56 Å². The number of rotatable bonds is 2. The Kier molecular flexibility index (Phi) is 3.39. The normalized spacial score (nSPS) is 12.6. The molecule has 21 heavy (non-hydrogen) atoms. The van der Waals surface area contributed by atoms with Crippen LogP contribution in [0.25, 0.3) is 10.8 Å². The molecule has 3 aromatic rings. The zero-order valence-electron chi connectivity index (χ0n) is 10.9. The van der Waals surface area contributed by atoms with Crippen molar-refractivity contribution >= 4 is 10.8 Å². The molecule has 0 fully saturated rings. The van der Waals surface area contributed by atoms with Crippen LogP contribution >= 0.6 is 0 Å². The van der Waals surface area contributed by atoms with Gasteiger partial charge >= 0.3 is 0 Å². The standard InChI is InChI=1S/C17H11F3O/c18-13-9-8-12(10-4-1-2-5-11(10)13)17(21)16-14(19)6-3-7-15(16)20/h1-9,17,21H. The van der Waals surface area contributed by atoms with Gasteiger partial charge in [0.15, 0.2) is 0 Å². The molecular weight excluding hydrogens is 277 g/mol. The van der Waals surface area contributed by atoms with E-state index >= 15 is 0 Å². The minimum atomic E-state index is -1.50. The summed E-state index contributed by atoms with van der Waals surface area (Å²) in [5, 5.41) is 11.1. The highest BCUT2D eigenvalue weighted by Crippen LogP contribution is 2.32. The SMILES string of the molecule is OC(c1c(F)cccc1F)c1ccc(F)c2ccccc12. The van der Waals surface area contributed by atoms with Crippen molar-refractivity contribution in [1.82, 2.24) is 0 Å². The number of halogens is 3. The molecule has 1 atom stereocenters. The van der Waals surface area contributed by atoms with Crippen LogP contribution in [0.5, 0.6) is 0 Å². The van der Waals surface area contributed by atoms with E-state index in [2.05, 4.69) is 0 Å². The maximum Gasteiger partial charge on any atom is 0.132 e. The Labute approximate surface area is 119 Å². The highest BCUT2D eigenvalue weighted by Gasteiger charge is 2.21. The third-order valence-corrected chi connectivity index (χ3v) is 3.47. The Morgan fingerprint density at radius 1 is 0.667 bits per heavy atom. The van der Waals surface area contributed by atoms with E-state index in [1.165, 1.54) is 18.2 Å². The predicted octanol–water partition coefficient (Wildman–Crippen LogP) is 4.34. The Balaban J connectivity index is 2.23. The number of benzene rings is 3. The van der Waals surface area contributed by atoms with Gasteiger partial charge in [0, 0.05) is 5.39 Å². The van der Waals surface area contributed by atoms with E-state index in [0.29, 0.717) is 10.8 Å². The quantitative estimate of drug-likeness (QED) is 0.743. The van der Waals surface area contributed by atoms with E-state index in [1.54, 1.807) is 24.3 Å². The molecule has 1 N–H and O–H groups in total. The lowest BCUT2D eigenvalue weighted by Gasteiger charge is -2.16. The summed E-state index contributed by atoms with van der Waals surface area (Å²) < 4.78 is 41.3. The van der Waals surface area contributed by atoms with Crippen molar-refractivity contribution in [3.05, 3.63) is 83.2 Å². The fourth-order valence-corrected chi connectivity index (χ4v) is 2.45. The summed E-state index contributed by atoms with van der Waals surface area (Å²) in [5.41, 5.74) is -0.176. The van der Waals surface area contributed by atoms with Crippen molar-refractivity contribution < 1.29 is 18.3 Å². The molecule has 0 saturated heterocycles. The average molecular weight is 288 g/mol. The van der Waals surface area contributed by atoms with Crippen LogP contribution in [0.4, 0.5) is 13.2 Å². The summed E-state index contributed by atoms with van der Waals surface area (Å²) in [7, 11) is 0. The largest absolute Gasteiger partial charge is 0.383 e. The second-order valence-electron chi connectivity index (χ2n) is 4.72. The first-order chi connectivity index (χ1) is 10.1. The van der Waals surface area contributed by atoms with Gasteiger partial charge in [-0.25, -0.2) is 13.2 Å². The highest BCUT2D eigenvalue weighted by atomic mass is 19.1. The summed E-state index contributed by atoms with van der Waals surface area (Å²) in [4.78, 5) is 0. The molecule has 0 aromatic heterocycles. The van der Waals surface area contributed by atoms with Crippen LogP contribution < -0.4 is 0 Å². The Hall–Kier alpha value is -2.33. The maximum atomic E-state index is 13.8. The Morgan fingerprint density at radius 2 is 1.29 bits per heavy atom. The molecule has 0 aliphatic rings. The van der Waals surface area contributed by atoms with Gasteiger partial charge in [0.1, 0.15) is 23.6 Å². The van der Waals surface area contributed by atoms with E-state index in [0.717, 1.165) is 12.1 Å². The van der Waals surface area contributed by atoms with Gasteiger partial charge in [0.25, 0.3) is 0 Å². The summed E-state index contributed by atoms with van der Waals surface area (Å²) in [5.74, 6) is -2.12. The van der Waals surface area contributed by atoms with E-state index in [1.807, 2.05) is 0 Å². The van der Waals surface area contributed by atoms with Crippen molar-refractivity contribution in [2.45, 2.75) is 6.10 Å². The zero-order chi connectivity index (χ0) is 15.0. The van der Waals surface area contributed by atoms with Crippen LogP contribution in [0.15, 0.2) is 54.6 Å². The van der Waals surface area contributed by atoms with Crippen LogP contribution in [0.2, 0.25) is 0 Å². The number of fused-ring (bicyclic) bond motifs is 1. The minimum absolute atomic E-state index is 0.260. The molecule has 1 nitrogen and oxygen atoms in total. The topological polar surface area (TPSA) is 20.2 Å². The van der Waals surface area contributed by atoms with Gasteiger partial charge in [-0.15, -0.1) is 0 Å². The van der Waals surface area contributed by atoms with Gasteiger partial charge in [-0.1, -0.05) is 36.4 Å². The van der Waals surface area contributed by atoms with E-state index < -0.39 is 29.1 Å². The fraction of sp³-hybridized carbons (Fsp3) is 0.0588. The molecule has 1 unspecified atom stereocenters. The lowest BCUT2D eigenvalue weighted by atomic mass is 9.95. The van der Waals surface area contributed by atoms with Crippen LogP contribution in [-0.4, -0.2) is 5.11 Å². The highest BCUT2D eigenvalue weighted by molar-refractivity contribution is 5.87. The molecule has 4 heteroatoms. The summed E-state index contributed by atoms with van der Waals surface area (Å²) in [6.07, 6.45) is -1.50. The molecule has 0 amide bonds.